The quantitative estimate of drug-likeness (QED) is 0.682. The van der Waals surface area contributed by atoms with Gasteiger partial charge in [0.05, 0.1) is 10.9 Å². The van der Waals surface area contributed by atoms with Crippen molar-refractivity contribution in [1.29, 1.82) is 0 Å². The zero-order valence-electron chi connectivity index (χ0n) is 14.6. The summed E-state index contributed by atoms with van der Waals surface area (Å²) in [6.07, 6.45) is 1.69. The maximum atomic E-state index is 12.6. The summed E-state index contributed by atoms with van der Waals surface area (Å²) < 4.78 is 1.72. The third-order valence-corrected chi connectivity index (χ3v) is 5.87. The first-order valence-corrected chi connectivity index (χ1v) is 10.2. The maximum Gasteiger partial charge on any atom is 0.262 e. The Hall–Kier alpha value is -2.31. The Kier molecular flexibility index (Phi) is 5.18. The van der Waals surface area contributed by atoms with Crippen LogP contribution >= 0.6 is 23.4 Å². The predicted molar refractivity (Wildman–Crippen MR) is 109 cm³/mol. The molecule has 0 bridgehead atoms. The third-order valence-electron chi connectivity index (χ3n) is 4.55. The lowest BCUT2D eigenvalue weighted by atomic mass is 10.1. The highest BCUT2D eigenvalue weighted by Gasteiger charge is 2.16. The Balaban J connectivity index is 1.50. The minimum atomic E-state index is -0.168. The highest BCUT2D eigenvalue weighted by molar-refractivity contribution is 7.99. The van der Waals surface area contributed by atoms with Gasteiger partial charge >= 0.3 is 0 Å². The van der Waals surface area contributed by atoms with E-state index in [-0.39, 0.29) is 11.5 Å². The molecule has 27 heavy (non-hydrogen) atoms. The Morgan fingerprint density at radius 2 is 2.04 bits per heavy atom. The van der Waals surface area contributed by atoms with E-state index in [0.717, 1.165) is 29.3 Å². The first kappa shape index (κ1) is 18.1. The highest BCUT2D eigenvalue weighted by atomic mass is 35.5. The van der Waals surface area contributed by atoms with E-state index in [0.29, 0.717) is 34.6 Å². The van der Waals surface area contributed by atoms with Gasteiger partial charge in [-0.25, -0.2) is 4.98 Å². The fraction of sp³-hybridized carbons (Fsp3) is 0.250. The lowest BCUT2D eigenvalue weighted by molar-refractivity contribution is 0.0954. The van der Waals surface area contributed by atoms with Crippen LogP contribution in [0.1, 0.15) is 22.3 Å². The molecule has 2 heterocycles. The monoisotopic (exact) mass is 399 g/mol. The summed E-state index contributed by atoms with van der Waals surface area (Å²) >= 11 is 7.46. The Morgan fingerprint density at radius 1 is 1.22 bits per heavy atom. The van der Waals surface area contributed by atoms with Gasteiger partial charge in [-0.15, -0.1) is 0 Å². The summed E-state index contributed by atoms with van der Waals surface area (Å²) in [6.45, 7) is 1.23. The van der Waals surface area contributed by atoms with Gasteiger partial charge in [0, 0.05) is 29.4 Å². The van der Waals surface area contributed by atoms with Crippen molar-refractivity contribution < 1.29 is 4.79 Å². The van der Waals surface area contributed by atoms with E-state index in [9.17, 15) is 9.59 Å². The number of hydrogen-bond acceptors (Lipinski definition) is 4. The number of nitrogens with zero attached hydrogens (tertiary/aromatic N) is 2. The molecule has 5 nitrogen and oxygen atoms in total. The fourth-order valence-corrected chi connectivity index (χ4v) is 4.18. The number of nitrogens with one attached hydrogen (secondary N) is 1. The number of carbonyl (C=O) groups excluding carboxylic acids is 1. The van der Waals surface area contributed by atoms with Crippen molar-refractivity contribution in [1.82, 2.24) is 14.9 Å². The third kappa shape index (κ3) is 3.87. The van der Waals surface area contributed by atoms with Crippen molar-refractivity contribution in [2.75, 3.05) is 12.3 Å². The molecule has 0 atom stereocenters. The van der Waals surface area contributed by atoms with Crippen LogP contribution in [0.25, 0.3) is 10.9 Å². The zero-order valence-corrected chi connectivity index (χ0v) is 16.1. The number of fused-ring (bicyclic) bond motifs is 2. The van der Waals surface area contributed by atoms with Gasteiger partial charge in [0.2, 0.25) is 0 Å². The van der Waals surface area contributed by atoms with Gasteiger partial charge in [0.25, 0.3) is 11.5 Å². The number of hydrogen-bond donors (Lipinski definition) is 1. The maximum absolute atomic E-state index is 12.6. The van der Waals surface area contributed by atoms with Crippen molar-refractivity contribution in [3.63, 3.8) is 0 Å². The molecule has 1 N–H and O–H groups in total. The SMILES string of the molecule is O=C(NCCc1ccc(Cl)cc1)c1ccc2c(=O)n3c(nc2c1)SCCC3. The molecule has 1 aliphatic rings. The average Bonchev–Trinajstić information content (AvgIpc) is 2.69. The van der Waals surface area contributed by atoms with Crippen LogP contribution in [0.3, 0.4) is 0 Å². The van der Waals surface area contributed by atoms with Crippen molar-refractivity contribution in [2.24, 2.45) is 0 Å². The van der Waals surface area contributed by atoms with E-state index >= 15 is 0 Å². The Labute approximate surface area is 165 Å². The lowest BCUT2D eigenvalue weighted by Gasteiger charge is -2.17. The largest absolute Gasteiger partial charge is 0.352 e. The number of benzene rings is 2. The molecule has 0 unspecified atom stereocenters. The topological polar surface area (TPSA) is 64.0 Å². The van der Waals surface area contributed by atoms with E-state index in [2.05, 4.69) is 10.3 Å². The van der Waals surface area contributed by atoms with Gasteiger partial charge < -0.3 is 5.32 Å². The minimum Gasteiger partial charge on any atom is -0.352 e. The molecule has 0 fully saturated rings. The van der Waals surface area contributed by atoms with Crippen molar-refractivity contribution in [3.05, 3.63) is 69.0 Å². The van der Waals surface area contributed by atoms with Crippen LogP contribution in [-0.2, 0) is 13.0 Å². The molecule has 0 spiro atoms. The lowest BCUT2D eigenvalue weighted by Crippen LogP contribution is -2.27. The molecule has 0 saturated carbocycles. The fourth-order valence-electron chi connectivity index (χ4n) is 3.11. The molecule has 7 heteroatoms. The van der Waals surface area contributed by atoms with E-state index in [1.165, 1.54) is 0 Å². The van der Waals surface area contributed by atoms with Gasteiger partial charge in [-0.05, 0) is 48.7 Å². The van der Waals surface area contributed by atoms with E-state index in [1.54, 1.807) is 34.5 Å². The molecule has 1 amide bonds. The standard InChI is InChI=1S/C20H18ClN3O2S/c21-15-5-2-13(3-6-15)8-9-22-18(25)14-4-7-16-17(12-14)23-20-24(19(16)26)10-1-11-27-20/h2-7,12H,1,8-11H2,(H,22,25). The van der Waals surface area contributed by atoms with Gasteiger partial charge in [-0.2, -0.15) is 0 Å². The molecule has 4 rings (SSSR count). The van der Waals surface area contributed by atoms with Crippen LogP contribution < -0.4 is 10.9 Å². The Bertz CT molecular complexity index is 1060. The number of amides is 1. The Morgan fingerprint density at radius 3 is 2.85 bits per heavy atom. The molecule has 1 aromatic heterocycles. The highest BCUT2D eigenvalue weighted by Crippen LogP contribution is 2.23. The molecule has 138 valence electrons. The van der Waals surface area contributed by atoms with Gasteiger partial charge in [0.1, 0.15) is 0 Å². The van der Waals surface area contributed by atoms with Crippen molar-refractivity contribution in [2.45, 2.75) is 24.5 Å². The first-order valence-electron chi connectivity index (χ1n) is 8.82. The molecule has 3 aromatic rings. The second-order valence-electron chi connectivity index (χ2n) is 6.42. The second kappa shape index (κ2) is 7.74. The zero-order chi connectivity index (χ0) is 18.8. The predicted octanol–water partition coefficient (Wildman–Crippen LogP) is 3.52. The summed E-state index contributed by atoms with van der Waals surface area (Å²) in [5, 5.41) is 4.90. The van der Waals surface area contributed by atoms with E-state index in [1.807, 2.05) is 24.3 Å². The van der Waals surface area contributed by atoms with Crippen LogP contribution in [0.4, 0.5) is 0 Å². The number of halogens is 1. The smallest absolute Gasteiger partial charge is 0.262 e. The van der Waals surface area contributed by atoms with E-state index < -0.39 is 0 Å². The number of rotatable bonds is 4. The van der Waals surface area contributed by atoms with E-state index in [4.69, 9.17) is 11.6 Å². The van der Waals surface area contributed by atoms with Crippen LogP contribution in [-0.4, -0.2) is 27.8 Å². The molecule has 1 aliphatic heterocycles. The number of aromatic nitrogens is 2. The molecular formula is C20H18ClN3O2S. The summed E-state index contributed by atoms with van der Waals surface area (Å²) in [5.41, 5.74) is 2.16. The van der Waals surface area contributed by atoms with Crippen LogP contribution in [0.5, 0.6) is 0 Å². The summed E-state index contributed by atoms with van der Waals surface area (Å²) in [6, 6.07) is 12.7. The van der Waals surface area contributed by atoms with Crippen molar-refractivity contribution in [3.8, 4) is 0 Å². The molecule has 0 radical (unpaired) electrons. The van der Waals surface area contributed by atoms with Crippen LogP contribution in [0.2, 0.25) is 5.02 Å². The normalized spacial score (nSPS) is 13.4. The van der Waals surface area contributed by atoms with Gasteiger partial charge in [-0.3, -0.25) is 14.2 Å². The number of carbonyl (C=O) groups is 1. The van der Waals surface area contributed by atoms with Gasteiger partial charge in [0.15, 0.2) is 5.16 Å². The average molecular weight is 400 g/mol. The molecule has 0 saturated heterocycles. The first-order chi connectivity index (χ1) is 13.1. The van der Waals surface area contributed by atoms with Gasteiger partial charge in [-0.1, -0.05) is 35.5 Å². The summed E-state index contributed by atoms with van der Waals surface area (Å²) in [7, 11) is 0. The number of thioether (sulfide) groups is 1. The summed E-state index contributed by atoms with van der Waals surface area (Å²) in [4.78, 5) is 29.7. The van der Waals surface area contributed by atoms with Crippen molar-refractivity contribution >= 4 is 40.2 Å². The molecule has 2 aromatic carbocycles. The minimum absolute atomic E-state index is 0.0307. The summed E-state index contributed by atoms with van der Waals surface area (Å²) in [5.74, 6) is 0.793. The van der Waals surface area contributed by atoms with Crippen LogP contribution in [0.15, 0.2) is 52.4 Å². The molecule has 0 aliphatic carbocycles. The second-order valence-corrected chi connectivity index (χ2v) is 7.92. The van der Waals surface area contributed by atoms with Crippen LogP contribution in [0, 0.1) is 0 Å². The molecular weight excluding hydrogens is 382 g/mol.